The molecule has 0 saturated heterocycles. The number of hydrogen-bond acceptors (Lipinski definition) is 1. The molecule has 0 aromatic heterocycles. The van der Waals surface area contributed by atoms with E-state index in [0.717, 1.165) is 6.42 Å². The fourth-order valence-electron chi connectivity index (χ4n) is 1.70. The second kappa shape index (κ2) is 4.41. The van der Waals surface area contributed by atoms with E-state index in [4.69, 9.17) is 0 Å². The van der Waals surface area contributed by atoms with Gasteiger partial charge in [0.05, 0.1) is 0 Å². The third-order valence-corrected chi connectivity index (χ3v) is 2.83. The summed E-state index contributed by atoms with van der Waals surface area (Å²) in [5.41, 5.74) is 5.30. The van der Waals surface area contributed by atoms with Crippen LogP contribution in [0.3, 0.4) is 0 Å². The minimum absolute atomic E-state index is 0.269. The molecule has 0 unspecified atom stereocenters. The smallest absolute Gasteiger partial charge is 0.130 e. The van der Waals surface area contributed by atoms with E-state index in [-0.39, 0.29) is 5.78 Å². The van der Waals surface area contributed by atoms with Gasteiger partial charge in [0.1, 0.15) is 5.78 Å². The second-order valence-electron chi connectivity index (χ2n) is 4.00. The standard InChI is InChI=1S/C13H18O/c1-9-5-6-10(2)13(12(9)4)8-7-11(3)14/h5-6H,7-8H2,1-4H3. The average molecular weight is 190 g/mol. The highest BCUT2D eigenvalue weighted by Crippen LogP contribution is 2.19. The number of carbonyl (C=O) groups excluding carboxylic acids is 1. The maximum Gasteiger partial charge on any atom is 0.130 e. The first kappa shape index (κ1) is 11.0. The highest BCUT2D eigenvalue weighted by atomic mass is 16.1. The van der Waals surface area contributed by atoms with E-state index in [2.05, 4.69) is 32.9 Å². The highest BCUT2D eigenvalue weighted by molar-refractivity contribution is 5.75. The van der Waals surface area contributed by atoms with E-state index in [1.165, 1.54) is 22.3 Å². The molecular formula is C13H18O. The largest absolute Gasteiger partial charge is 0.300 e. The molecule has 1 nitrogen and oxygen atoms in total. The summed E-state index contributed by atoms with van der Waals surface area (Å²) in [4.78, 5) is 10.9. The lowest BCUT2D eigenvalue weighted by Gasteiger charge is -2.11. The molecule has 14 heavy (non-hydrogen) atoms. The molecule has 0 N–H and O–H groups in total. The van der Waals surface area contributed by atoms with Crippen LogP contribution < -0.4 is 0 Å². The van der Waals surface area contributed by atoms with Crippen molar-refractivity contribution in [1.29, 1.82) is 0 Å². The van der Waals surface area contributed by atoms with Gasteiger partial charge >= 0.3 is 0 Å². The summed E-state index contributed by atoms with van der Waals surface area (Å²) in [5, 5.41) is 0. The van der Waals surface area contributed by atoms with Gasteiger partial charge in [-0.15, -0.1) is 0 Å². The van der Waals surface area contributed by atoms with Gasteiger partial charge in [0.2, 0.25) is 0 Å². The molecule has 0 bridgehead atoms. The van der Waals surface area contributed by atoms with Crippen molar-refractivity contribution in [2.45, 2.75) is 40.5 Å². The third-order valence-electron chi connectivity index (χ3n) is 2.83. The summed E-state index contributed by atoms with van der Waals surface area (Å²) in [6, 6.07) is 4.28. The Morgan fingerprint density at radius 2 is 1.71 bits per heavy atom. The van der Waals surface area contributed by atoms with Crippen LogP contribution in [0.25, 0.3) is 0 Å². The van der Waals surface area contributed by atoms with E-state index in [0.29, 0.717) is 6.42 Å². The van der Waals surface area contributed by atoms with Crippen LogP contribution in [0.5, 0.6) is 0 Å². The molecule has 0 aliphatic carbocycles. The van der Waals surface area contributed by atoms with Crippen molar-refractivity contribution in [2.24, 2.45) is 0 Å². The number of hydrogen-bond donors (Lipinski definition) is 0. The number of aryl methyl sites for hydroxylation is 2. The molecule has 0 heterocycles. The van der Waals surface area contributed by atoms with Gasteiger partial charge in [0, 0.05) is 6.42 Å². The van der Waals surface area contributed by atoms with Crippen molar-refractivity contribution in [1.82, 2.24) is 0 Å². The zero-order chi connectivity index (χ0) is 10.7. The van der Waals surface area contributed by atoms with Gasteiger partial charge in [-0.1, -0.05) is 12.1 Å². The topological polar surface area (TPSA) is 17.1 Å². The Morgan fingerprint density at radius 3 is 2.29 bits per heavy atom. The maximum atomic E-state index is 10.9. The molecule has 0 aliphatic heterocycles. The van der Waals surface area contributed by atoms with E-state index in [9.17, 15) is 4.79 Å². The summed E-state index contributed by atoms with van der Waals surface area (Å²) in [6.07, 6.45) is 1.54. The number of rotatable bonds is 3. The van der Waals surface area contributed by atoms with Crippen LogP contribution in [-0.4, -0.2) is 5.78 Å². The Morgan fingerprint density at radius 1 is 1.14 bits per heavy atom. The Hall–Kier alpha value is -1.11. The monoisotopic (exact) mass is 190 g/mol. The molecule has 0 atom stereocenters. The lowest BCUT2D eigenvalue weighted by atomic mass is 9.94. The molecule has 1 aromatic rings. The lowest BCUT2D eigenvalue weighted by Crippen LogP contribution is -2.00. The van der Waals surface area contributed by atoms with Gasteiger partial charge in [0.15, 0.2) is 0 Å². The van der Waals surface area contributed by atoms with Crippen molar-refractivity contribution in [3.8, 4) is 0 Å². The molecule has 0 spiro atoms. The fraction of sp³-hybridized carbons (Fsp3) is 0.462. The molecular weight excluding hydrogens is 172 g/mol. The molecule has 0 radical (unpaired) electrons. The van der Waals surface area contributed by atoms with Gasteiger partial charge < -0.3 is 4.79 Å². The molecule has 0 fully saturated rings. The minimum Gasteiger partial charge on any atom is -0.300 e. The lowest BCUT2D eigenvalue weighted by molar-refractivity contribution is -0.116. The fourth-order valence-corrected chi connectivity index (χ4v) is 1.70. The van der Waals surface area contributed by atoms with Crippen LogP contribution in [-0.2, 0) is 11.2 Å². The van der Waals surface area contributed by atoms with E-state index in [1.807, 2.05) is 0 Å². The van der Waals surface area contributed by atoms with Crippen molar-refractivity contribution in [3.63, 3.8) is 0 Å². The molecule has 0 amide bonds. The zero-order valence-electron chi connectivity index (χ0n) is 9.48. The number of benzene rings is 1. The number of carbonyl (C=O) groups is 1. The van der Waals surface area contributed by atoms with Crippen molar-refractivity contribution >= 4 is 5.78 Å². The molecule has 1 heteroatoms. The van der Waals surface area contributed by atoms with Crippen molar-refractivity contribution in [3.05, 3.63) is 34.4 Å². The number of Topliss-reactive ketones (excluding diaryl/α,β-unsaturated/α-hetero) is 1. The van der Waals surface area contributed by atoms with Crippen LogP contribution in [0.2, 0.25) is 0 Å². The Balaban J connectivity index is 2.95. The predicted molar refractivity (Wildman–Crippen MR) is 59.7 cm³/mol. The number of ketones is 1. The SMILES string of the molecule is CC(=O)CCc1c(C)ccc(C)c1C. The second-order valence-corrected chi connectivity index (χ2v) is 4.00. The summed E-state index contributed by atoms with van der Waals surface area (Å²) in [6.45, 7) is 8.02. The van der Waals surface area contributed by atoms with E-state index >= 15 is 0 Å². The van der Waals surface area contributed by atoms with Crippen molar-refractivity contribution < 1.29 is 4.79 Å². The van der Waals surface area contributed by atoms with Gasteiger partial charge in [0.25, 0.3) is 0 Å². The van der Waals surface area contributed by atoms with Gasteiger partial charge in [-0.2, -0.15) is 0 Å². The first-order valence-electron chi connectivity index (χ1n) is 5.07. The molecule has 0 aliphatic rings. The molecule has 0 saturated carbocycles. The van der Waals surface area contributed by atoms with E-state index < -0.39 is 0 Å². The summed E-state index contributed by atoms with van der Waals surface area (Å²) >= 11 is 0. The summed E-state index contributed by atoms with van der Waals surface area (Å²) < 4.78 is 0. The van der Waals surface area contributed by atoms with Gasteiger partial charge in [-0.25, -0.2) is 0 Å². The van der Waals surface area contributed by atoms with Crippen LogP contribution in [0.15, 0.2) is 12.1 Å². The predicted octanol–water partition coefficient (Wildman–Crippen LogP) is 3.13. The first-order valence-corrected chi connectivity index (χ1v) is 5.07. The van der Waals surface area contributed by atoms with Crippen LogP contribution >= 0.6 is 0 Å². The van der Waals surface area contributed by atoms with Crippen molar-refractivity contribution in [2.75, 3.05) is 0 Å². The quantitative estimate of drug-likeness (QED) is 0.715. The van der Waals surface area contributed by atoms with Crippen LogP contribution in [0.1, 0.15) is 35.6 Å². The normalized spacial score (nSPS) is 10.3. The summed E-state index contributed by atoms with van der Waals surface area (Å²) in [7, 11) is 0. The third kappa shape index (κ3) is 2.44. The Labute approximate surface area is 86.1 Å². The van der Waals surface area contributed by atoms with E-state index in [1.54, 1.807) is 6.92 Å². The molecule has 76 valence electrons. The maximum absolute atomic E-state index is 10.9. The molecule has 1 rings (SSSR count). The minimum atomic E-state index is 0.269. The van der Waals surface area contributed by atoms with Crippen LogP contribution in [0, 0.1) is 20.8 Å². The first-order chi connectivity index (χ1) is 6.52. The zero-order valence-corrected chi connectivity index (χ0v) is 9.48. The van der Waals surface area contributed by atoms with Crippen LogP contribution in [0.4, 0.5) is 0 Å². The summed E-state index contributed by atoms with van der Waals surface area (Å²) in [5.74, 6) is 0.269. The Kier molecular flexibility index (Phi) is 3.45. The molecule has 1 aromatic carbocycles. The van der Waals surface area contributed by atoms with Gasteiger partial charge in [-0.3, -0.25) is 0 Å². The average Bonchev–Trinajstić information content (AvgIpc) is 2.11. The highest BCUT2D eigenvalue weighted by Gasteiger charge is 2.05. The van der Waals surface area contributed by atoms with Gasteiger partial charge in [-0.05, 0) is 56.4 Å². The Bertz CT molecular complexity index is 350.